The van der Waals surface area contributed by atoms with Gasteiger partial charge >= 0.3 is 0 Å². The highest BCUT2D eigenvalue weighted by Crippen LogP contribution is 2.19. The van der Waals surface area contributed by atoms with Gasteiger partial charge in [0.25, 0.3) is 0 Å². The average Bonchev–Trinajstić information content (AvgIpc) is 2.63. The van der Waals surface area contributed by atoms with Gasteiger partial charge in [-0.25, -0.2) is 12.8 Å². The van der Waals surface area contributed by atoms with Gasteiger partial charge in [0.15, 0.2) is 0 Å². The minimum Gasteiger partial charge on any atom is -0.340 e. The lowest BCUT2D eigenvalue weighted by molar-refractivity contribution is -0.131. The van der Waals surface area contributed by atoms with Crippen molar-refractivity contribution < 1.29 is 17.6 Å². The molecule has 1 heterocycles. The molecule has 1 fully saturated rings. The van der Waals surface area contributed by atoms with Crippen molar-refractivity contribution in [1.29, 1.82) is 0 Å². The molecule has 0 aliphatic carbocycles. The van der Waals surface area contributed by atoms with E-state index in [2.05, 4.69) is 0 Å². The molecule has 0 bridgehead atoms. The number of rotatable bonds is 4. The van der Waals surface area contributed by atoms with Crippen LogP contribution >= 0.6 is 0 Å². The summed E-state index contributed by atoms with van der Waals surface area (Å²) in [4.78, 5) is 14.1. The molecule has 138 valence electrons. The average molecular weight is 376 g/mol. The Bertz CT molecular complexity index is 907. The summed E-state index contributed by atoms with van der Waals surface area (Å²) in [5.74, 6) is -0.597. The van der Waals surface area contributed by atoms with Crippen LogP contribution < -0.4 is 0 Å². The Labute approximate surface area is 153 Å². The van der Waals surface area contributed by atoms with Crippen molar-refractivity contribution in [3.63, 3.8) is 0 Å². The molecule has 0 N–H and O–H groups in total. The third-order valence-corrected chi connectivity index (χ3v) is 6.52. The molecule has 0 unspecified atom stereocenters. The van der Waals surface area contributed by atoms with Crippen molar-refractivity contribution in [3.05, 3.63) is 65.5 Å². The van der Waals surface area contributed by atoms with Crippen molar-refractivity contribution in [2.24, 2.45) is 0 Å². The van der Waals surface area contributed by atoms with Crippen LogP contribution in [0.2, 0.25) is 0 Å². The lowest BCUT2D eigenvalue weighted by atomic mass is 10.1. The molecule has 1 aliphatic heterocycles. The second-order valence-electron chi connectivity index (χ2n) is 6.35. The van der Waals surface area contributed by atoms with Gasteiger partial charge in [0, 0.05) is 26.2 Å². The number of amides is 1. The highest BCUT2D eigenvalue weighted by atomic mass is 32.2. The molecule has 0 saturated carbocycles. The SMILES string of the molecule is Cc1ccccc1CC(=O)N1CCN(S(=O)(=O)c2cccc(F)c2)CC1. The van der Waals surface area contributed by atoms with E-state index in [4.69, 9.17) is 0 Å². The fraction of sp³-hybridized carbons (Fsp3) is 0.316. The Morgan fingerprint density at radius 3 is 2.38 bits per heavy atom. The van der Waals surface area contributed by atoms with Gasteiger partial charge < -0.3 is 4.90 Å². The summed E-state index contributed by atoms with van der Waals surface area (Å²) in [6, 6.07) is 12.7. The molecule has 5 nitrogen and oxygen atoms in total. The van der Waals surface area contributed by atoms with Crippen molar-refractivity contribution in [2.75, 3.05) is 26.2 Å². The monoisotopic (exact) mass is 376 g/mol. The number of benzene rings is 2. The zero-order valence-electron chi connectivity index (χ0n) is 14.6. The Morgan fingerprint density at radius 2 is 1.73 bits per heavy atom. The minimum absolute atomic E-state index is 0.0119. The highest BCUT2D eigenvalue weighted by Gasteiger charge is 2.30. The first kappa shape index (κ1) is 18.5. The van der Waals surface area contributed by atoms with Gasteiger partial charge in [-0.2, -0.15) is 4.31 Å². The topological polar surface area (TPSA) is 57.7 Å². The van der Waals surface area contributed by atoms with Gasteiger partial charge in [-0.1, -0.05) is 30.3 Å². The van der Waals surface area contributed by atoms with Gasteiger partial charge in [-0.15, -0.1) is 0 Å². The summed E-state index contributed by atoms with van der Waals surface area (Å²) < 4.78 is 39.9. The zero-order valence-corrected chi connectivity index (χ0v) is 15.4. The van der Waals surface area contributed by atoms with E-state index >= 15 is 0 Å². The van der Waals surface area contributed by atoms with E-state index in [9.17, 15) is 17.6 Å². The van der Waals surface area contributed by atoms with Gasteiger partial charge in [0.2, 0.25) is 15.9 Å². The van der Waals surface area contributed by atoms with Crippen LogP contribution in [0.25, 0.3) is 0 Å². The van der Waals surface area contributed by atoms with E-state index in [1.807, 2.05) is 31.2 Å². The second kappa shape index (κ2) is 7.55. The third kappa shape index (κ3) is 3.94. The van der Waals surface area contributed by atoms with Gasteiger partial charge in [0.1, 0.15) is 5.82 Å². The zero-order chi connectivity index (χ0) is 18.7. The number of hydrogen-bond donors (Lipinski definition) is 0. The van der Waals surface area contributed by atoms with Gasteiger partial charge in [0.05, 0.1) is 11.3 Å². The number of aryl methyl sites for hydroxylation is 1. The van der Waals surface area contributed by atoms with E-state index in [1.54, 1.807) is 4.90 Å². The highest BCUT2D eigenvalue weighted by molar-refractivity contribution is 7.89. The number of carbonyl (C=O) groups excluding carboxylic acids is 1. The largest absolute Gasteiger partial charge is 0.340 e. The number of hydrogen-bond acceptors (Lipinski definition) is 3. The fourth-order valence-electron chi connectivity index (χ4n) is 3.04. The molecule has 0 aromatic heterocycles. The molecule has 1 aliphatic rings. The fourth-order valence-corrected chi connectivity index (χ4v) is 4.49. The molecule has 2 aromatic carbocycles. The number of sulfonamides is 1. The maximum Gasteiger partial charge on any atom is 0.243 e. The first-order chi connectivity index (χ1) is 12.4. The maximum absolute atomic E-state index is 13.3. The van der Waals surface area contributed by atoms with Crippen LogP contribution in [-0.4, -0.2) is 49.7 Å². The Hall–Kier alpha value is -2.25. The van der Waals surface area contributed by atoms with E-state index in [1.165, 1.54) is 22.5 Å². The standard InChI is InChI=1S/C19H21FN2O3S/c1-15-5-2-3-6-16(15)13-19(23)21-9-11-22(12-10-21)26(24,25)18-8-4-7-17(20)14-18/h2-8,14H,9-13H2,1H3. The van der Waals surface area contributed by atoms with E-state index in [0.29, 0.717) is 19.5 Å². The molecular formula is C19H21FN2O3S. The van der Waals surface area contributed by atoms with E-state index < -0.39 is 15.8 Å². The molecule has 0 atom stereocenters. The number of nitrogens with zero attached hydrogens (tertiary/aromatic N) is 2. The molecule has 1 amide bonds. The minimum atomic E-state index is -3.74. The summed E-state index contributed by atoms with van der Waals surface area (Å²) in [5, 5.41) is 0. The first-order valence-corrected chi connectivity index (χ1v) is 9.90. The Morgan fingerprint density at radius 1 is 1.04 bits per heavy atom. The van der Waals surface area contributed by atoms with Crippen LogP contribution in [0.5, 0.6) is 0 Å². The molecule has 3 rings (SSSR count). The van der Waals surface area contributed by atoms with Crippen molar-refractivity contribution in [1.82, 2.24) is 9.21 Å². The molecule has 0 radical (unpaired) electrons. The molecule has 7 heteroatoms. The molecular weight excluding hydrogens is 355 g/mol. The molecule has 0 spiro atoms. The number of halogens is 1. The van der Waals surface area contributed by atoms with Gasteiger partial charge in [-0.05, 0) is 36.2 Å². The summed E-state index contributed by atoms with van der Waals surface area (Å²) in [7, 11) is -3.74. The third-order valence-electron chi connectivity index (χ3n) is 4.63. The van der Waals surface area contributed by atoms with Crippen LogP contribution in [0.3, 0.4) is 0 Å². The number of piperazine rings is 1. The van der Waals surface area contributed by atoms with Crippen molar-refractivity contribution >= 4 is 15.9 Å². The second-order valence-corrected chi connectivity index (χ2v) is 8.28. The summed E-state index contributed by atoms with van der Waals surface area (Å²) in [6.07, 6.45) is 0.309. The summed E-state index contributed by atoms with van der Waals surface area (Å²) >= 11 is 0. The smallest absolute Gasteiger partial charge is 0.243 e. The van der Waals surface area contributed by atoms with E-state index in [0.717, 1.165) is 17.2 Å². The van der Waals surface area contributed by atoms with Crippen molar-refractivity contribution in [2.45, 2.75) is 18.2 Å². The van der Waals surface area contributed by atoms with Crippen LogP contribution in [-0.2, 0) is 21.2 Å². The lowest BCUT2D eigenvalue weighted by Crippen LogP contribution is -2.50. The van der Waals surface area contributed by atoms with Crippen molar-refractivity contribution in [3.8, 4) is 0 Å². The van der Waals surface area contributed by atoms with Crippen LogP contribution in [0.4, 0.5) is 4.39 Å². The Kier molecular flexibility index (Phi) is 5.38. The summed E-state index contributed by atoms with van der Waals surface area (Å²) in [5.41, 5.74) is 2.04. The molecule has 26 heavy (non-hydrogen) atoms. The van der Waals surface area contributed by atoms with E-state index in [-0.39, 0.29) is 23.9 Å². The Balaban J connectivity index is 1.64. The quantitative estimate of drug-likeness (QED) is 0.822. The normalized spacial score (nSPS) is 15.8. The predicted octanol–water partition coefficient (Wildman–Crippen LogP) is 2.21. The van der Waals surface area contributed by atoms with Gasteiger partial charge in [-0.3, -0.25) is 4.79 Å². The first-order valence-electron chi connectivity index (χ1n) is 8.46. The predicted molar refractivity (Wildman–Crippen MR) is 96.6 cm³/mol. The van der Waals surface area contributed by atoms with Crippen LogP contribution in [0.1, 0.15) is 11.1 Å². The van der Waals surface area contributed by atoms with Crippen LogP contribution in [0.15, 0.2) is 53.4 Å². The molecule has 2 aromatic rings. The molecule has 1 saturated heterocycles. The maximum atomic E-state index is 13.3. The number of carbonyl (C=O) groups is 1. The lowest BCUT2D eigenvalue weighted by Gasteiger charge is -2.34. The van der Waals surface area contributed by atoms with Crippen LogP contribution in [0, 0.1) is 12.7 Å². The summed E-state index contributed by atoms with van der Waals surface area (Å²) in [6.45, 7) is 3.04.